The summed E-state index contributed by atoms with van der Waals surface area (Å²) >= 11 is 3.05. The van der Waals surface area contributed by atoms with Gasteiger partial charge in [0.2, 0.25) is 0 Å². The molecule has 1 aromatic rings. The standard InChI is InChI=1S/C6H7BrN2/c1-4-2-3-9-6(7)5(4)8/h2-3H,8H2,1H3/i1D3. The van der Waals surface area contributed by atoms with Crippen molar-refractivity contribution in [2.45, 2.75) is 6.85 Å². The van der Waals surface area contributed by atoms with Crippen LogP contribution in [0.3, 0.4) is 0 Å². The van der Waals surface area contributed by atoms with Crippen molar-refractivity contribution in [1.29, 1.82) is 0 Å². The second kappa shape index (κ2) is 2.35. The van der Waals surface area contributed by atoms with Gasteiger partial charge >= 0.3 is 0 Å². The summed E-state index contributed by atoms with van der Waals surface area (Å²) in [5.74, 6) is 0. The molecule has 3 heteroatoms. The van der Waals surface area contributed by atoms with Crippen molar-refractivity contribution in [1.82, 2.24) is 4.98 Å². The van der Waals surface area contributed by atoms with Crippen LogP contribution in [0, 0.1) is 6.85 Å². The molecule has 1 aromatic heterocycles. The average Bonchev–Trinajstić information content (AvgIpc) is 1.92. The highest BCUT2D eigenvalue weighted by Crippen LogP contribution is 2.18. The molecule has 1 heterocycles. The minimum atomic E-state index is -2.17. The van der Waals surface area contributed by atoms with Crippen LogP contribution in [-0.4, -0.2) is 4.98 Å². The Labute approximate surface area is 66.4 Å². The van der Waals surface area contributed by atoms with Crippen LogP contribution in [0.1, 0.15) is 9.68 Å². The zero-order valence-electron chi connectivity index (χ0n) is 7.56. The molecule has 0 aliphatic rings. The molecule has 0 aliphatic carbocycles. The Kier molecular flexibility index (Phi) is 0.931. The number of halogens is 1. The van der Waals surface area contributed by atoms with Crippen LogP contribution in [-0.2, 0) is 0 Å². The summed E-state index contributed by atoms with van der Waals surface area (Å²) < 4.78 is 21.7. The minimum absolute atomic E-state index is 0.129. The number of nitrogen functional groups attached to an aromatic ring is 1. The molecule has 9 heavy (non-hydrogen) atoms. The highest BCUT2D eigenvalue weighted by atomic mass is 79.9. The molecule has 1 rings (SSSR count). The van der Waals surface area contributed by atoms with Gasteiger partial charge < -0.3 is 5.73 Å². The van der Waals surface area contributed by atoms with Crippen molar-refractivity contribution in [3.05, 3.63) is 22.4 Å². The largest absolute Gasteiger partial charge is 0.396 e. The molecule has 0 radical (unpaired) electrons. The Hall–Kier alpha value is -0.570. The molecule has 0 spiro atoms. The van der Waals surface area contributed by atoms with E-state index in [9.17, 15) is 0 Å². The topological polar surface area (TPSA) is 38.9 Å². The second-order valence-corrected chi connectivity index (χ2v) is 2.31. The van der Waals surface area contributed by atoms with Crippen molar-refractivity contribution in [3.8, 4) is 0 Å². The van der Waals surface area contributed by atoms with Gasteiger partial charge in [-0.15, -0.1) is 0 Å². The second-order valence-electron chi connectivity index (χ2n) is 1.56. The zero-order valence-corrected chi connectivity index (χ0v) is 6.14. The first-order chi connectivity index (χ1) is 5.43. The van der Waals surface area contributed by atoms with Crippen LogP contribution >= 0.6 is 15.9 Å². The lowest BCUT2D eigenvalue weighted by atomic mass is 10.3. The number of anilines is 1. The predicted molar refractivity (Wildman–Crippen MR) is 41.1 cm³/mol. The fraction of sp³-hybridized carbons (Fsp3) is 0.167. The molecule has 0 saturated carbocycles. The summed E-state index contributed by atoms with van der Waals surface area (Å²) in [5, 5.41) is 0. The number of nitrogens with zero attached hydrogens (tertiary/aromatic N) is 1. The van der Waals surface area contributed by atoms with E-state index in [-0.39, 0.29) is 11.3 Å². The van der Waals surface area contributed by atoms with Crippen LogP contribution in [0.15, 0.2) is 16.9 Å². The number of rotatable bonds is 0. The third-order valence-corrected chi connectivity index (χ3v) is 1.57. The maximum atomic E-state index is 7.12. The van der Waals surface area contributed by atoms with Crippen molar-refractivity contribution < 1.29 is 4.11 Å². The van der Waals surface area contributed by atoms with Gasteiger partial charge in [-0.3, -0.25) is 0 Å². The van der Waals surface area contributed by atoms with Crippen LogP contribution in [0.25, 0.3) is 0 Å². The lowest BCUT2D eigenvalue weighted by Crippen LogP contribution is -1.91. The quantitative estimate of drug-likeness (QED) is 0.632. The smallest absolute Gasteiger partial charge is 0.129 e. The van der Waals surface area contributed by atoms with Gasteiger partial charge in [0.05, 0.1) is 5.69 Å². The predicted octanol–water partition coefficient (Wildman–Crippen LogP) is 1.73. The molecule has 0 fully saturated rings. The first-order valence-corrected chi connectivity index (χ1v) is 3.12. The van der Waals surface area contributed by atoms with Gasteiger partial charge in [-0.2, -0.15) is 0 Å². The van der Waals surface area contributed by atoms with Gasteiger partial charge in [-0.05, 0) is 34.4 Å². The average molecular weight is 190 g/mol. The lowest BCUT2D eigenvalue weighted by Gasteiger charge is -1.98. The van der Waals surface area contributed by atoms with E-state index in [4.69, 9.17) is 9.85 Å². The molecular formula is C6H7BrN2. The van der Waals surface area contributed by atoms with E-state index >= 15 is 0 Å². The Bertz CT molecular complexity index is 297. The molecule has 2 N–H and O–H groups in total. The Morgan fingerprint density at radius 2 is 2.67 bits per heavy atom. The van der Waals surface area contributed by atoms with Crippen molar-refractivity contribution >= 4 is 21.6 Å². The van der Waals surface area contributed by atoms with E-state index in [2.05, 4.69) is 20.9 Å². The summed E-state index contributed by atoms with van der Waals surface area (Å²) in [6.07, 6.45) is 1.40. The first-order valence-electron chi connectivity index (χ1n) is 3.83. The third-order valence-electron chi connectivity index (χ3n) is 0.942. The summed E-state index contributed by atoms with van der Waals surface area (Å²) in [6.45, 7) is -2.17. The van der Waals surface area contributed by atoms with Gasteiger partial charge in [0, 0.05) is 10.3 Å². The number of pyridine rings is 1. The Morgan fingerprint density at radius 3 is 3.22 bits per heavy atom. The van der Waals surface area contributed by atoms with Gasteiger partial charge in [0.1, 0.15) is 4.60 Å². The van der Waals surface area contributed by atoms with Crippen LogP contribution < -0.4 is 5.73 Å². The summed E-state index contributed by atoms with van der Waals surface area (Å²) in [5.41, 5.74) is 5.81. The summed E-state index contributed by atoms with van der Waals surface area (Å²) in [4.78, 5) is 3.79. The maximum absolute atomic E-state index is 7.12. The Morgan fingerprint density at radius 1 is 1.89 bits per heavy atom. The molecule has 2 nitrogen and oxygen atoms in total. The van der Waals surface area contributed by atoms with E-state index in [1.165, 1.54) is 12.3 Å². The molecule has 0 amide bonds. The highest BCUT2D eigenvalue weighted by Gasteiger charge is 1.96. The van der Waals surface area contributed by atoms with Crippen molar-refractivity contribution in [3.63, 3.8) is 0 Å². The molecular weight excluding hydrogens is 180 g/mol. The molecule has 0 bridgehead atoms. The van der Waals surface area contributed by atoms with Gasteiger partial charge in [-0.1, -0.05) is 0 Å². The number of nitrogens with two attached hydrogens (primary N) is 1. The number of aromatic nitrogens is 1. The lowest BCUT2D eigenvalue weighted by molar-refractivity contribution is 1.25. The molecule has 0 unspecified atom stereocenters. The van der Waals surface area contributed by atoms with E-state index in [0.717, 1.165) is 0 Å². The van der Waals surface area contributed by atoms with E-state index < -0.39 is 6.85 Å². The zero-order chi connectivity index (χ0) is 9.35. The first kappa shape index (κ1) is 3.56. The molecule has 0 aliphatic heterocycles. The third kappa shape index (κ3) is 1.21. The van der Waals surface area contributed by atoms with Crippen LogP contribution in [0.2, 0.25) is 0 Å². The monoisotopic (exact) mass is 189 g/mol. The Balaban J connectivity index is 3.26. The summed E-state index contributed by atoms with van der Waals surface area (Å²) in [6, 6.07) is 1.40. The van der Waals surface area contributed by atoms with Gasteiger partial charge in [0.25, 0.3) is 0 Å². The van der Waals surface area contributed by atoms with Crippen molar-refractivity contribution in [2.75, 3.05) is 5.73 Å². The van der Waals surface area contributed by atoms with Gasteiger partial charge in [-0.25, -0.2) is 4.98 Å². The SMILES string of the molecule is [2H]C([2H])([2H])c1ccnc(Br)c1N. The fourth-order valence-electron chi connectivity index (χ4n) is 0.448. The highest BCUT2D eigenvalue weighted by molar-refractivity contribution is 9.10. The van der Waals surface area contributed by atoms with E-state index in [1.54, 1.807) is 0 Å². The number of hydrogen-bond acceptors (Lipinski definition) is 2. The summed E-state index contributed by atoms with van der Waals surface area (Å²) in [7, 11) is 0. The van der Waals surface area contributed by atoms with Crippen molar-refractivity contribution in [2.24, 2.45) is 0 Å². The van der Waals surface area contributed by atoms with Crippen LogP contribution in [0.5, 0.6) is 0 Å². The molecule has 48 valence electrons. The normalized spacial score (nSPS) is 15.9. The van der Waals surface area contributed by atoms with E-state index in [1.807, 2.05) is 0 Å². The molecule has 0 atom stereocenters. The van der Waals surface area contributed by atoms with E-state index in [0.29, 0.717) is 4.60 Å². The number of aryl methyl sites for hydroxylation is 1. The molecule has 0 saturated heterocycles. The minimum Gasteiger partial charge on any atom is -0.396 e. The fourth-order valence-corrected chi connectivity index (χ4v) is 0.779. The number of hydrogen-bond donors (Lipinski definition) is 1. The maximum Gasteiger partial charge on any atom is 0.129 e. The van der Waals surface area contributed by atoms with Gasteiger partial charge in [0.15, 0.2) is 0 Å². The molecule has 0 aromatic carbocycles. The van der Waals surface area contributed by atoms with Crippen LogP contribution in [0.4, 0.5) is 5.69 Å².